The number of H-pyrrole nitrogens is 1. The fourth-order valence-corrected chi connectivity index (χ4v) is 1.20. The summed E-state index contributed by atoms with van der Waals surface area (Å²) >= 11 is 0. The van der Waals surface area contributed by atoms with Crippen LogP contribution < -0.4 is 5.73 Å². The van der Waals surface area contributed by atoms with E-state index in [1.165, 1.54) is 0 Å². The summed E-state index contributed by atoms with van der Waals surface area (Å²) in [4.78, 5) is 0. The highest BCUT2D eigenvalue weighted by atomic mass is 15.3. The lowest BCUT2D eigenvalue weighted by Crippen LogP contribution is -2.16. The van der Waals surface area contributed by atoms with Gasteiger partial charge in [0.05, 0.1) is 17.9 Å². The van der Waals surface area contributed by atoms with Gasteiger partial charge in [-0.05, 0) is 6.07 Å². The number of aromatic amines is 1. The molecule has 0 aliphatic carbocycles. The fraction of sp³-hybridized carbons (Fsp3) is 0.286. The zero-order valence-electron chi connectivity index (χ0n) is 7.18. The molecule has 2 heterocycles. The molecule has 1 atom stereocenters. The zero-order chi connectivity index (χ0) is 9.26. The van der Waals surface area contributed by atoms with Crippen molar-refractivity contribution in [1.82, 2.24) is 25.2 Å². The first-order valence-electron chi connectivity index (χ1n) is 3.88. The van der Waals surface area contributed by atoms with Crippen molar-refractivity contribution in [3.63, 3.8) is 0 Å². The predicted molar refractivity (Wildman–Crippen MR) is 45.6 cm³/mol. The van der Waals surface area contributed by atoms with Crippen molar-refractivity contribution in [1.29, 1.82) is 0 Å². The highest BCUT2D eigenvalue weighted by Crippen LogP contribution is 2.14. The van der Waals surface area contributed by atoms with Gasteiger partial charge in [0.1, 0.15) is 5.69 Å². The van der Waals surface area contributed by atoms with Crippen LogP contribution in [0.2, 0.25) is 0 Å². The SMILES string of the molecule is Cn1nccc1C(N)c1cn[nH]n1. The summed E-state index contributed by atoms with van der Waals surface area (Å²) in [6.07, 6.45) is 3.31. The van der Waals surface area contributed by atoms with Gasteiger partial charge in [-0.15, -0.1) is 0 Å². The molecule has 1 unspecified atom stereocenters. The summed E-state index contributed by atoms with van der Waals surface area (Å²) in [5, 5.41) is 14.2. The summed E-state index contributed by atoms with van der Waals surface area (Å²) in [6, 6.07) is 1.59. The van der Waals surface area contributed by atoms with E-state index >= 15 is 0 Å². The van der Waals surface area contributed by atoms with Gasteiger partial charge in [0, 0.05) is 13.2 Å². The van der Waals surface area contributed by atoms with Crippen LogP contribution in [-0.4, -0.2) is 25.2 Å². The lowest BCUT2D eigenvalue weighted by atomic mass is 10.2. The molecule has 3 N–H and O–H groups in total. The minimum atomic E-state index is -0.272. The molecule has 6 heteroatoms. The highest BCUT2D eigenvalue weighted by Gasteiger charge is 2.14. The van der Waals surface area contributed by atoms with Gasteiger partial charge in [-0.25, -0.2) is 0 Å². The molecule has 0 saturated carbocycles. The zero-order valence-corrected chi connectivity index (χ0v) is 7.18. The average Bonchev–Trinajstić information content (AvgIpc) is 2.72. The van der Waals surface area contributed by atoms with E-state index in [0.717, 1.165) is 5.69 Å². The third kappa shape index (κ3) is 1.31. The smallest absolute Gasteiger partial charge is 0.105 e. The molecule has 0 aromatic carbocycles. The van der Waals surface area contributed by atoms with Crippen LogP contribution in [0.5, 0.6) is 0 Å². The molecule has 0 saturated heterocycles. The van der Waals surface area contributed by atoms with Crippen LogP contribution in [0.1, 0.15) is 17.4 Å². The molecule has 0 fully saturated rings. The number of aromatic nitrogens is 5. The van der Waals surface area contributed by atoms with Crippen molar-refractivity contribution in [2.45, 2.75) is 6.04 Å². The van der Waals surface area contributed by atoms with Gasteiger partial charge >= 0.3 is 0 Å². The maximum absolute atomic E-state index is 5.92. The quantitative estimate of drug-likeness (QED) is 0.654. The Hall–Kier alpha value is -1.69. The molecule has 6 nitrogen and oxygen atoms in total. The van der Waals surface area contributed by atoms with Crippen LogP contribution in [0.25, 0.3) is 0 Å². The molecule has 0 radical (unpaired) electrons. The summed E-state index contributed by atoms with van der Waals surface area (Å²) in [6.45, 7) is 0. The summed E-state index contributed by atoms with van der Waals surface area (Å²) in [5.74, 6) is 0. The summed E-state index contributed by atoms with van der Waals surface area (Å²) in [5.41, 5.74) is 7.55. The lowest BCUT2D eigenvalue weighted by Gasteiger charge is -2.07. The Morgan fingerprint density at radius 1 is 1.62 bits per heavy atom. The van der Waals surface area contributed by atoms with E-state index < -0.39 is 0 Å². The lowest BCUT2D eigenvalue weighted by molar-refractivity contribution is 0.662. The van der Waals surface area contributed by atoms with E-state index in [1.807, 2.05) is 13.1 Å². The summed E-state index contributed by atoms with van der Waals surface area (Å²) in [7, 11) is 1.84. The molecule has 0 aliphatic rings. The van der Waals surface area contributed by atoms with Crippen LogP contribution in [0.4, 0.5) is 0 Å². The van der Waals surface area contributed by atoms with Gasteiger partial charge in [-0.2, -0.15) is 20.5 Å². The third-order valence-corrected chi connectivity index (χ3v) is 1.93. The first kappa shape index (κ1) is 7.93. The number of nitrogens with zero attached hydrogens (tertiary/aromatic N) is 4. The second-order valence-electron chi connectivity index (χ2n) is 2.75. The molecule has 68 valence electrons. The summed E-state index contributed by atoms with van der Waals surface area (Å²) < 4.78 is 1.72. The van der Waals surface area contributed by atoms with Gasteiger partial charge in [-0.1, -0.05) is 0 Å². The van der Waals surface area contributed by atoms with E-state index in [1.54, 1.807) is 17.1 Å². The second kappa shape index (κ2) is 2.98. The Kier molecular flexibility index (Phi) is 1.82. The number of rotatable bonds is 2. The Balaban J connectivity index is 2.33. The highest BCUT2D eigenvalue weighted by molar-refractivity contribution is 5.17. The van der Waals surface area contributed by atoms with Crippen molar-refractivity contribution < 1.29 is 0 Å². The van der Waals surface area contributed by atoms with Crippen molar-refractivity contribution in [2.24, 2.45) is 12.8 Å². The molecule has 2 aromatic rings. The van der Waals surface area contributed by atoms with Gasteiger partial charge in [-0.3, -0.25) is 4.68 Å². The maximum atomic E-state index is 5.92. The Labute approximate surface area is 74.8 Å². The topological polar surface area (TPSA) is 85.4 Å². The van der Waals surface area contributed by atoms with E-state index in [0.29, 0.717) is 5.69 Å². The number of aryl methyl sites for hydroxylation is 1. The first-order valence-corrected chi connectivity index (χ1v) is 3.88. The Bertz CT molecular complexity index is 375. The largest absolute Gasteiger partial charge is 0.318 e. The number of nitrogens with two attached hydrogens (primary N) is 1. The van der Waals surface area contributed by atoms with Crippen LogP contribution in [0.3, 0.4) is 0 Å². The van der Waals surface area contributed by atoms with Gasteiger partial charge in [0.2, 0.25) is 0 Å². The van der Waals surface area contributed by atoms with E-state index in [-0.39, 0.29) is 6.04 Å². The Morgan fingerprint density at radius 3 is 3.00 bits per heavy atom. The van der Waals surface area contributed by atoms with Crippen LogP contribution in [-0.2, 0) is 7.05 Å². The van der Waals surface area contributed by atoms with Crippen molar-refractivity contribution in [3.8, 4) is 0 Å². The first-order chi connectivity index (χ1) is 6.29. The van der Waals surface area contributed by atoms with Gasteiger partial charge in [0.15, 0.2) is 0 Å². The molecule has 0 aliphatic heterocycles. The monoisotopic (exact) mass is 178 g/mol. The number of hydrogen-bond acceptors (Lipinski definition) is 4. The molecular weight excluding hydrogens is 168 g/mol. The standard InChI is InChI=1S/C7H10N6/c1-13-6(2-3-10-13)7(8)5-4-9-12-11-5/h2-4,7H,8H2,1H3,(H,9,11,12). The molecular formula is C7H10N6. The molecule has 0 amide bonds. The predicted octanol–water partition coefficient (Wildman–Crippen LogP) is -0.414. The van der Waals surface area contributed by atoms with Gasteiger partial charge in [0.25, 0.3) is 0 Å². The van der Waals surface area contributed by atoms with E-state index in [4.69, 9.17) is 5.73 Å². The third-order valence-electron chi connectivity index (χ3n) is 1.93. The van der Waals surface area contributed by atoms with Crippen molar-refractivity contribution in [3.05, 3.63) is 29.8 Å². The molecule has 2 rings (SSSR count). The number of nitrogens with one attached hydrogen (secondary N) is 1. The fourth-order valence-electron chi connectivity index (χ4n) is 1.20. The van der Waals surface area contributed by atoms with Crippen LogP contribution >= 0.6 is 0 Å². The molecule has 13 heavy (non-hydrogen) atoms. The average molecular weight is 178 g/mol. The minimum absolute atomic E-state index is 0.272. The molecule has 0 spiro atoms. The van der Waals surface area contributed by atoms with Crippen LogP contribution in [0, 0.1) is 0 Å². The van der Waals surface area contributed by atoms with Crippen molar-refractivity contribution in [2.75, 3.05) is 0 Å². The number of hydrogen-bond donors (Lipinski definition) is 2. The second-order valence-corrected chi connectivity index (χ2v) is 2.75. The van der Waals surface area contributed by atoms with E-state index in [2.05, 4.69) is 20.5 Å². The maximum Gasteiger partial charge on any atom is 0.105 e. The minimum Gasteiger partial charge on any atom is -0.318 e. The van der Waals surface area contributed by atoms with E-state index in [9.17, 15) is 0 Å². The normalized spacial score (nSPS) is 13.1. The van der Waals surface area contributed by atoms with Crippen molar-refractivity contribution >= 4 is 0 Å². The van der Waals surface area contributed by atoms with Crippen LogP contribution in [0.15, 0.2) is 18.5 Å². The van der Waals surface area contributed by atoms with Gasteiger partial charge < -0.3 is 5.73 Å². The molecule has 0 bridgehead atoms. The Morgan fingerprint density at radius 2 is 2.46 bits per heavy atom. The molecule has 2 aromatic heterocycles.